The molecule has 0 radical (unpaired) electrons. The Labute approximate surface area is 287 Å². The van der Waals surface area contributed by atoms with Crippen molar-refractivity contribution in [3.8, 4) is 0 Å². The summed E-state index contributed by atoms with van der Waals surface area (Å²) in [5.41, 5.74) is -0.113. The zero-order valence-corrected chi connectivity index (χ0v) is 28.6. The van der Waals surface area contributed by atoms with Gasteiger partial charge in [-0.05, 0) is 92.6 Å². The number of nitrogens with one attached hydrogen (secondary N) is 4. The number of likely N-dealkylation sites (tertiary alicyclic amines) is 2. The minimum atomic E-state index is -4.67. The van der Waals surface area contributed by atoms with E-state index in [1.807, 2.05) is 16.3 Å². The quantitative estimate of drug-likeness (QED) is 0.289. The first kappa shape index (κ1) is 34.6. The minimum absolute atomic E-state index is 0.0448. The van der Waals surface area contributed by atoms with E-state index in [0.717, 1.165) is 55.4 Å². The maximum Gasteiger partial charge on any atom is 0.418 e. The van der Waals surface area contributed by atoms with Crippen molar-refractivity contribution < 1.29 is 27.6 Å². The van der Waals surface area contributed by atoms with Crippen molar-refractivity contribution in [3.05, 3.63) is 44.6 Å². The predicted octanol–water partition coefficient (Wildman–Crippen LogP) is 5.83. The van der Waals surface area contributed by atoms with Gasteiger partial charge in [-0.25, -0.2) is 9.59 Å². The van der Waals surface area contributed by atoms with Crippen molar-refractivity contribution in [1.29, 1.82) is 0 Å². The highest BCUT2D eigenvalue weighted by molar-refractivity contribution is 7.10. The average Bonchev–Trinajstić information content (AvgIpc) is 3.54. The predicted molar refractivity (Wildman–Crippen MR) is 180 cm³/mol. The molecule has 1 atom stereocenters. The van der Waals surface area contributed by atoms with Crippen LogP contribution < -0.4 is 21.3 Å². The highest BCUT2D eigenvalue weighted by Gasteiger charge is 2.38. The van der Waals surface area contributed by atoms with Crippen molar-refractivity contribution in [3.63, 3.8) is 0 Å². The number of hydrogen-bond donors (Lipinski definition) is 4. The fraction of sp³-hybridized carbons (Fsp3) is 0.606. The van der Waals surface area contributed by atoms with Gasteiger partial charge in [0.25, 0.3) is 0 Å². The van der Waals surface area contributed by atoms with Crippen LogP contribution >= 0.6 is 22.9 Å². The molecule has 4 aliphatic rings. The molecular formula is C33H43ClF3N7O3S. The summed E-state index contributed by atoms with van der Waals surface area (Å²) in [5.74, 6) is 0.848. The van der Waals surface area contributed by atoms with Gasteiger partial charge in [0.15, 0.2) is 0 Å². The van der Waals surface area contributed by atoms with Gasteiger partial charge in [-0.3, -0.25) is 4.79 Å². The number of alkyl halides is 3. The van der Waals surface area contributed by atoms with Gasteiger partial charge in [-0.2, -0.15) is 13.2 Å². The lowest BCUT2D eigenvalue weighted by molar-refractivity contribution is -0.137. The van der Waals surface area contributed by atoms with E-state index in [1.54, 1.807) is 21.1 Å². The standard InChI is InChI=1S/C33H43ClF3N7O3S/c1-38-29-24(33(35,36)37)16-20(17-25(29)34)18-27(30(45)42-11-4-22(5-12-42)21-2-9-39-10-3-21)41-31(46)43-13-6-23(7-14-43)44-19-28-26(8-15-48-28)40-32(44)47/h8,15-17,21-23,27,38-39H,2-7,9-14,18-19H2,1H3,(H,40,47)(H,41,46)/t27-/m1/s1. The zero-order valence-electron chi connectivity index (χ0n) is 27.0. The number of halogens is 4. The molecule has 5 heterocycles. The first-order valence-electron chi connectivity index (χ1n) is 16.8. The topological polar surface area (TPSA) is 109 Å². The molecule has 0 spiro atoms. The fourth-order valence-electron chi connectivity index (χ4n) is 7.73. The number of benzene rings is 1. The molecule has 3 saturated heterocycles. The third-order valence-corrected chi connectivity index (χ3v) is 11.6. The summed E-state index contributed by atoms with van der Waals surface area (Å²) in [6.45, 7) is 4.37. The van der Waals surface area contributed by atoms with Crippen molar-refractivity contribution in [2.45, 2.75) is 69.8 Å². The van der Waals surface area contributed by atoms with Gasteiger partial charge >= 0.3 is 18.2 Å². The van der Waals surface area contributed by atoms with Crippen LogP contribution in [-0.4, -0.2) is 91.1 Å². The SMILES string of the molecule is CNc1c(Cl)cc(C[C@@H](NC(=O)N2CCC(N3Cc4sccc4NC3=O)CC2)C(=O)N2CCC(C3CCNCC3)CC2)cc1C(F)(F)F. The van der Waals surface area contributed by atoms with Crippen molar-refractivity contribution in [2.24, 2.45) is 11.8 Å². The van der Waals surface area contributed by atoms with Gasteiger partial charge in [0.05, 0.1) is 28.5 Å². The van der Waals surface area contributed by atoms with Gasteiger partial charge in [0, 0.05) is 50.6 Å². The fourth-order valence-corrected chi connectivity index (χ4v) is 8.89. The van der Waals surface area contributed by atoms with E-state index in [2.05, 4.69) is 21.3 Å². The maximum atomic E-state index is 14.0. The Bertz CT molecular complexity index is 1490. The number of anilines is 2. The molecule has 0 unspecified atom stereocenters. The van der Waals surface area contributed by atoms with Crippen molar-refractivity contribution in [1.82, 2.24) is 25.3 Å². The van der Waals surface area contributed by atoms with E-state index in [1.165, 1.54) is 13.1 Å². The van der Waals surface area contributed by atoms with E-state index in [9.17, 15) is 27.6 Å². The minimum Gasteiger partial charge on any atom is -0.386 e. The number of nitrogens with zero attached hydrogens (tertiary/aromatic N) is 3. The Balaban J connectivity index is 1.14. The number of hydrogen-bond acceptors (Lipinski definition) is 6. The molecule has 10 nitrogen and oxygen atoms in total. The molecule has 262 valence electrons. The smallest absolute Gasteiger partial charge is 0.386 e. The first-order valence-corrected chi connectivity index (χ1v) is 18.0. The zero-order chi connectivity index (χ0) is 34.0. The number of carbonyl (C=O) groups is 3. The Hall–Kier alpha value is -3.23. The van der Waals surface area contributed by atoms with Crippen molar-refractivity contribution in [2.75, 3.05) is 56.9 Å². The normalized spacial score (nSPS) is 20.7. The molecule has 15 heteroatoms. The van der Waals surface area contributed by atoms with E-state index in [-0.39, 0.29) is 40.7 Å². The Morgan fingerprint density at radius 2 is 1.69 bits per heavy atom. The summed E-state index contributed by atoms with van der Waals surface area (Å²) in [7, 11) is 1.37. The molecule has 5 amide bonds. The van der Waals surface area contributed by atoms with Gasteiger partial charge in [-0.15, -0.1) is 11.3 Å². The number of carbonyl (C=O) groups excluding carboxylic acids is 3. The molecule has 3 fully saturated rings. The lowest BCUT2D eigenvalue weighted by Crippen LogP contribution is -2.57. The third kappa shape index (κ3) is 7.65. The highest BCUT2D eigenvalue weighted by Crippen LogP contribution is 2.40. The monoisotopic (exact) mass is 709 g/mol. The molecule has 48 heavy (non-hydrogen) atoms. The molecule has 0 bridgehead atoms. The van der Waals surface area contributed by atoms with E-state index >= 15 is 0 Å². The van der Waals surface area contributed by atoms with Crippen LogP contribution in [0.1, 0.15) is 54.5 Å². The molecule has 6 rings (SSSR count). The Kier molecular flexibility index (Phi) is 10.6. The second-order valence-corrected chi connectivity index (χ2v) is 14.6. The molecular weight excluding hydrogens is 667 g/mol. The lowest BCUT2D eigenvalue weighted by Gasteiger charge is -2.41. The van der Waals surface area contributed by atoms with Crippen molar-refractivity contribution >= 4 is 52.3 Å². The summed E-state index contributed by atoms with van der Waals surface area (Å²) >= 11 is 7.88. The van der Waals surface area contributed by atoms with Crippen LogP contribution in [0.2, 0.25) is 5.02 Å². The molecule has 4 aliphatic heterocycles. The maximum absolute atomic E-state index is 14.0. The van der Waals surface area contributed by atoms with Crippen LogP contribution in [0.15, 0.2) is 23.6 Å². The van der Waals surface area contributed by atoms with Crippen LogP contribution in [0.3, 0.4) is 0 Å². The molecule has 1 aromatic carbocycles. The molecule has 2 aromatic rings. The van der Waals surface area contributed by atoms with E-state index in [4.69, 9.17) is 11.6 Å². The highest BCUT2D eigenvalue weighted by atomic mass is 35.5. The van der Waals surface area contributed by atoms with Crippen LogP contribution in [0.5, 0.6) is 0 Å². The number of rotatable bonds is 7. The van der Waals surface area contributed by atoms with Gasteiger partial charge in [0.1, 0.15) is 6.04 Å². The van der Waals surface area contributed by atoms with Gasteiger partial charge in [0.2, 0.25) is 5.91 Å². The number of urea groups is 2. The molecule has 0 aliphatic carbocycles. The van der Waals surface area contributed by atoms with E-state index in [0.29, 0.717) is 57.4 Å². The van der Waals surface area contributed by atoms with Crippen LogP contribution in [-0.2, 0) is 23.9 Å². The number of thiophene rings is 1. The summed E-state index contributed by atoms with van der Waals surface area (Å²) < 4.78 is 42.0. The summed E-state index contributed by atoms with van der Waals surface area (Å²) in [4.78, 5) is 46.7. The van der Waals surface area contributed by atoms with Crippen LogP contribution in [0.25, 0.3) is 0 Å². The lowest BCUT2D eigenvalue weighted by atomic mass is 9.79. The van der Waals surface area contributed by atoms with Crippen LogP contribution in [0, 0.1) is 11.8 Å². The van der Waals surface area contributed by atoms with Gasteiger partial charge < -0.3 is 36.0 Å². The summed E-state index contributed by atoms with van der Waals surface area (Å²) in [6, 6.07) is 2.59. The number of piperidine rings is 3. The first-order chi connectivity index (χ1) is 23.0. The Morgan fingerprint density at radius 1 is 1.02 bits per heavy atom. The number of fused-ring (bicyclic) bond motifs is 1. The van der Waals surface area contributed by atoms with Gasteiger partial charge in [-0.1, -0.05) is 11.6 Å². The summed E-state index contributed by atoms with van der Waals surface area (Å²) in [5, 5.41) is 13.6. The Morgan fingerprint density at radius 3 is 2.35 bits per heavy atom. The second kappa shape index (κ2) is 14.7. The summed E-state index contributed by atoms with van der Waals surface area (Å²) in [6.07, 6.45) is 0.301. The van der Waals surface area contributed by atoms with Crippen LogP contribution in [0.4, 0.5) is 34.1 Å². The third-order valence-electron chi connectivity index (χ3n) is 10.4. The average molecular weight is 710 g/mol. The largest absolute Gasteiger partial charge is 0.418 e. The second-order valence-electron chi connectivity index (χ2n) is 13.2. The van der Waals surface area contributed by atoms with E-state index < -0.39 is 23.8 Å². The molecule has 0 saturated carbocycles. The number of amides is 5. The molecule has 4 N–H and O–H groups in total. The molecule has 1 aromatic heterocycles.